The van der Waals surface area contributed by atoms with Gasteiger partial charge in [-0.1, -0.05) is 0 Å². The summed E-state index contributed by atoms with van der Waals surface area (Å²) in [5, 5.41) is 6.17. The molecule has 8 nitrogen and oxygen atoms in total. The molecule has 132 valence electrons. The molecule has 2 N–H and O–H groups in total. The van der Waals surface area contributed by atoms with Crippen LogP contribution in [0.25, 0.3) is 0 Å². The second-order valence-electron chi connectivity index (χ2n) is 5.78. The van der Waals surface area contributed by atoms with Crippen molar-refractivity contribution in [3.05, 3.63) is 0 Å². The van der Waals surface area contributed by atoms with Gasteiger partial charge >= 0.3 is 0 Å². The summed E-state index contributed by atoms with van der Waals surface area (Å²) >= 11 is 0. The lowest BCUT2D eigenvalue weighted by Crippen LogP contribution is -2.42. The number of carbonyl (C=O) groups excluding carboxylic acids is 1. The minimum atomic E-state index is -3.06. The van der Waals surface area contributed by atoms with E-state index < -0.39 is 10.0 Å². The van der Waals surface area contributed by atoms with Crippen molar-refractivity contribution in [1.82, 2.24) is 19.8 Å². The standard InChI is InChI=1S/C14H27N5O3S/c1-2-15-14(17-12-13(20)18-7-3-4-8-18)16-6-10-19-9-5-11-23(19,21)22/h2-12H2,1H3,(H2,15,16,17). The molecule has 0 aromatic heterocycles. The minimum Gasteiger partial charge on any atom is -0.357 e. The van der Waals surface area contributed by atoms with E-state index in [0.29, 0.717) is 38.6 Å². The third-order valence-electron chi connectivity index (χ3n) is 4.03. The second-order valence-corrected chi connectivity index (χ2v) is 7.87. The largest absolute Gasteiger partial charge is 0.357 e. The molecule has 0 aliphatic carbocycles. The van der Waals surface area contributed by atoms with Crippen LogP contribution in [0.4, 0.5) is 0 Å². The molecule has 0 atom stereocenters. The van der Waals surface area contributed by atoms with E-state index in [4.69, 9.17) is 0 Å². The third-order valence-corrected chi connectivity index (χ3v) is 5.99. The molecule has 0 spiro atoms. The molecule has 2 aliphatic heterocycles. The van der Waals surface area contributed by atoms with E-state index in [-0.39, 0.29) is 18.2 Å². The number of nitrogens with zero attached hydrogens (tertiary/aromatic N) is 3. The van der Waals surface area contributed by atoms with E-state index in [0.717, 1.165) is 25.9 Å². The van der Waals surface area contributed by atoms with E-state index in [1.807, 2.05) is 11.8 Å². The number of aliphatic imine (C=N–C) groups is 1. The highest BCUT2D eigenvalue weighted by molar-refractivity contribution is 7.89. The minimum absolute atomic E-state index is 0.0434. The van der Waals surface area contributed by atoms with Gasteiger partial charge in [-0.3, -0.25) is 4.79 Å². The Bertz CT molecular complexity index is 529. The van der Waals surface area contributed by atoms with E-state index in [2.05, 4.69) is 15.6 Å². The van der Waals surface area contributed by atoms with Crippen molar-refractivity contribution in [3.8, 4) is 0 Å². The van der Waals surface area contributed by atoms with Crippen molar-refractivity contribution in [2.24, 2.45) is 4.99 Å². The molecular formula is C14H27N5O3S. The van der Waals surface area contributed by atoms with Gasteiger partial charge in [0.2, 0.25) is 15.9 Å². The quantitative estimate of drug-likeness (QED) is 0.485. The summed E-state index contributed by atoms with van der Waals surface area (Å²) in [5.41, 5.74) is 0. The fourth-order valence-electron chi connectivity index (χ4n) is 2.80. The molecule has 2 saturated heterocycles. The van der Waals surface area contributed by atoms with Crippen LogP contribution in [0.1, 0.15) is 26.2 Å². The molecule has 2 aliphatic rings. The Labute approximate surface area is 138 Å². The predicted molar refractivity (Wildman–Crippen MR) is 89.8 cm³/mol. The van der Waals surface area contributed by atoms with Crippen LogP contribution in [0.5, 0.6) is 0 Å². The summed E-state index contributed by atoms with van der Waals surface area (Å²) < 4.78 is 25.0. The van der Waals surface area contributed by atoms with Gasteiger partial charge in [-0.05, 0) is 26.2 Å². The maximum Gasteiger partial charge on any atom is 0.244 e. The summed E-state index contributed by atoms with van der Waals surface area (Å²) in [4.78, 5) is 18.1. The summed E-state index contributed by atoms with van der Waals surface area (Å²) in [5.74, 6) is 0.837. The van der Waals surface area contributed by atoms with Crippen molar-refractivity contribution in [2.75, 3.05) is 51.6 Å². The van der Waals surface area contributed by atoms with Crippen LogP contribution in [0.2, 0.25) is 0 Å². The van der Waals surface area contributed by atoms with Crippen LogP contribution >= 0.6 is 0 Å². The zero-order chi connectivity index (χ0) is 16.7. The highest BCUT2D eigenvalue weighted by Gasteiger charge is 2.27. The van der Waals surface area contributed by atoms with Gasteiger partial charge in [0, 0.05) is 39.3 Å². The number of guanidine groups is 1. The molecule has 0 bridgehead atoms. The van der Waals surface area contributed by atoms with Crippen molar-refractivity contribution in [1.29, 1.82) is 0 Å². The Morgan fingerprint density at radius 2 is 1.87 bits per heavy atom. The van der Waals surface area contributed by atoms with Crippen LogP contribution in [0, 0.1) is 0 Å². The average Bonchev–Trinajstić information content (AvgIpc) is 3.14. The normalized spacial score (nSPS) is 21.6. The number of carbonyl (C=O) groups is 1. The van der Waals surface area contributed by atoms with Gasteiger partial charge in [0.1, 0.15) is 6.54 Å². The Balaban J connectivity index is 1.78. The zero-order valence-corrected chi connectivity index (χ0v) is 14.6. The number of hydrogen-bond donors (Lipinski definition) is 2. The molecule has 0 saturated carbocycles. The highest BCUT2D eigenvalue weighted by Crippen LogP contribution is 2.11. The predicted octanol–water partition coefficient (Wildman–Crippen LogP) is -0.801. The first-order valence-electron chi connectivity index (χ1n) is 8.30. The van der Waals surface area contributed by atoms with Crippen molar-refractivity contribution in [3.63, 3.8) is 0 Å². The van der Waals surface area contributed by atoms with Crippen LogP contribution in [-0.2, 0) is 14.8 Å². The molecular weight excluding hydrogens is 318 g/mol. The second kappa shape index (κ2) is 8.49. The zero-order valence-electron chi connectivity index (χ0n) is 13.8. The van der Waals surface area contributed by atoms with Crippen molar-refractivity contribution in [2.45, 2.75) is 26.2 Å². The van der Waals surface area contributed by atoms with Crippen molar-refractivity contribution < 1.29 is 13.2 Å². The summed E-state index contributed by atoms with van der Waals surface area (Å²) in [6.45, 7) is 5.89. The van der Waals surface area contributed by atoms with Crippen molar-refractivity contribution >= 4 is 21.9 Å². The van der Waals surface area contributed by atoms with Crippen LogP contribution in [0.3, 0.4) is 0 Å². The molecule has 9 heteroatoms. The maximum absolute atomic E-state index is 12.0. The van der Waals surface area contributed by atoms with Gasteiger partial charge in [-0.2, -0.15) is 0 Å². The van der Waals surface area contributed by atoms with E-state index in [1.54, 1.807) is 0 Å². The molecule has 0 aromatic rings. The first kappa shape index (κ1) is 18.0. The lowest BCUT2D eigenvalue weighted by atomic mass is 10.4. The lowest BCUT2D eigenvalue weighted by molar-refractivity contribution is -0.128. The van der Waals surface area contributed by atoms with Crippen LogP contribution in [-0.4, -0.2) is 81.1 Å². The number of likely N-dealkylation sites (tertiary alicyclic amines) is 1. The molecule has 2 rings (SSSR count). The number of sulfonamides is 1. The van der Waals surface area contributed by atoms with E-state index in [1.165, 1.54) is 4.31 Å². The SMILES string of the molecule is CCNC(=NCC(=O)N1CCCC1)NCCN1CCCS1(=O)=O. The molecule has 2 fully saturated rings. The molecule has 0 radical (unpaired) electrons. The van der Waals surface area contributed by atoms with Gasteiger partial charge in [-0.15, -0.1) is 0 Å². The summed E-state index contributed by atoms with van der Waals surface area (Å²) in [7, 11) is -3.06. The van der Waals surface area contributed by atoms with E-state index >= 15 is 0 Å². The van der Waals surface area contributed by atoms with Crippen LogP contribution < -0.4 is 10.6 Å². The average molecular weight is 345 g/mol. The number of rotatable bonds is 6. The summed E-state index contributed by atoms with van der Waals surface area (Å²) in [6.07, 6.45) is 2.83. The maximum atomic E-state index is 12.0. The fraction of sp³-hybridized carbons (Fsp3) is 0.857. The molecule has 23 heavy (non-hydrogen) atoms. The third kappa shape index (κ3) is 5.35. The smallest absolute Gasteiger partial charge is 0.244 e. The number of hydrogen-bond acceptors (Lipinski definition) is 4. The number of nitrogens with one attached hydrogen (secondary N) is 2. The monoisotopic (exact) mass is 345 g/mol. The molecule has 0 unspecified atom stereocenters. The molecule has 0 aromatic carbocycles. The topological polar surface area (TPSA) is 94.1 Å². The Kier molecular flexibility index (Phi) is 6.64. The van der Waals surface area contributed by atoms with Gasteiger partial charge in [0.15, 0.2) is 5.96 Å². The van der Waals surface area contributed by atoms with Crippen LogP contribution in [0.15, 0.2) is 4.99 Å². The van der Waals surface area contributed by atoms with Gasteiger partial charge in [0.25, 0.3) is 0 Å². The Morgan fingerprint density at radius 3 is 2.48 bits per heavy atom. The first-order chi connectivity index (χ1) is 11.0. The Hall–Kier alpha value is -1.35. The summed E-state index contributed by atoms with van der Waals surface area (Å²) in [6, 6.07) is 0. The first-order valence-corrected chi connectivity index (χ1v) is 9.91. The molecule has 1 amide bonds. The molecule has 2 heterocycles. The lowest BCUT2D eigenvalue weighted by Gasteiger charge is -2.17. The Morgan fingerprint density at radius 1 is 1.13 bits per heavy atom. The van der Waals surface area contributed by atoms with E-state index in [9.17, 15) is 13.2 Å². The van der Waals surface area contributed by atoms with Gasteiger partial charge < -0.3 is 15.5 Å². The van der Waals surface area contributed by atoms with Gasteiger partial charge in [0.05, 0.1) is 5.75 Å². The number of amides is 1. The fourth-order valence-corrected chi connectivity index (χ4v) is 4.33. The van der Waals surface area contributed by atoms with Gasteiger partial charge in [-0.25, -0.2) is 17.7 Å². The highest BCUT2D eigenvalue weighted by atomic mass is 32.2.